The molecular weight excluding hydrogens is 376 g/mol. The van der Waals surface area contributed by atoms with Gasteiger partial charge in [-0.3, -0.25) is 14.4 Å². The van der Waals surface area contributed by atoms with Crippen molar-refractivity contribution in [3.63, 3.8) is 0 Å². The molecule has 30 heavy (non-hydrogen) atoms. The van der Waals surface area contributed by atoms with Crippen LogP contribution in [-0.4, -0.2) is 46.3 Å². The predicted molar refractivity (Wildman–Crippen MR) is 118 cm³/mol. The van der Waals surface area contributed by atoms with Gasteiger partial charge in [0.25, 0.3) is 5.91 Å². The zero-order chi connectivity index (χ0) is 20.7. The number of nitrogens with one attached hydrogen (secondary N) is 1. The number of primary amides is 1. The Hall–Kier alpha value is -2.38. The quantitative estimate of drug-likeness (QED) is 0.682. The maximum Gasteiger partial charge on any atom is 0.254 e. The summed E-state index contributed by atoms with van der Waals surface area (Å²) in [6, 6.07) is 10.6. The van der Waals surface area contributed by atoms with Gasteiger partial charge in [-0.15, -0.1) is 0 Å². The number of anilines is 2. The Kier molecular flexibility index (Phi) is 5.03. The number of para-hydroxylation sites is 1. The van der Waals surface area contributed by atoms with Gasteiger partial charge in [-0.2, -0.15) is 5.10 Å². The van der Waals surface area contributed by atoms with Crippen molar-refractivity contribution in [3.05, 3.63) is 42.1 Å². The molecule has 2 heterocycles. The second-order valence-corrected chi connectivity index (χ2v) is 9.52. The first-order chi connectivity index (χ1) is 14.6. The highest BCUT2D eigenvalue weighted by Crippen LogP contribution is 2.50. The molecule has 3 fully saturated rings. The van der Waals surface area contributed by atoms with Crippen molar-refractivity contribution in [1.82, 2.24) is 14.7 Å². The molecule has 2 saturated carbocycles. The number of hydrogen-bond acceptors (Lipinski definition) is 5. The van der Waals surface area contributed by atoms with Crippen LogP contribution in [0.25, 0.3) is 0 Å². The smallest absolute Gasteiger partial charge is 0.254 e. The second-order valence-electron chi connectivity index (χ2n) is 9.52. The SMILES string of the molecule is NC[C@H]1C[C@@H](N2CC3(CCC3)C2)CC[C@@H]1n1cc(C(N)=O)c(Nc2ccccc2)n1. The summed E-state index contributed by atoms with van der Waals surface area (Å²) in [6.45, 7) is 3.18. The molecule has 3 aliphatic rings. The molecule has 5 rings (SSSR count). The summed E-state index contributed by atoms with van der Waals surface area (Å²) in [5.74, 6) is 0.400. The number of likely N-dealkylation sites (tertiary alicyclic amines) is 1. The monoisotopic (exact) mass is 408 g/mol. The van der Waals surface area contributed by atoms with Crippen molar-refractivity contribution in [2.24, 2.45) is 22.8 Å². The van der Waals surface area contributed by atoms with Crippen molar-refractivity contribution >= 4 is 17.4 Å². The van der Waals surface area contributed by atoms with Crippen LogP contribution in [0.3, 0.4) is 0 Å². The zero-order valence-corrected chi connectivity index (χ0v) is 17.5. The third-order valence-electron chi connectivity index (χ3n) is 7.60. The molecule has 3 atom stereocenters. The highest BCUT2D eigenvalue weighted by atomic mass is 16.1. The molecule has 0 unspecified atom stereocenters. The summed E-state index contributed by atoms with van der Waals surface area (Å²) in [6.07, 6.45) is 9.33. The molecule has 0 bridgehead atoms. The van der Waals surface area contributed by atoms with Crippen LogP contribution >= 0.6 is 0 Å². The van der Waals surface area contributed by atoms with Gasteiger partial charge in [0, 0.05) is 31.0 Å². The topological polar surface area (TPSA) is 102 Å². The van der Waals surface area contributed by atoms with Gasteiger partial charge in [0.15, 0.2) is 5.82 Å². The molecular formula is C23H32N6O. The van der Waals surface area contributed by atoms with Crippen molar-refractivity contribution < 1.29 is 4.79 Å². The Morgan fingerprint density at radius 3 is 2.60 bits per heavy atom. The normalized spacial score (nSPS) is 28.0. The Bertz CT molecular complexity index is 898. The Morgan fingerprint density at radius 2 is 1.97 bits per heavy atom. The van der Waals surface area contributed by atoms with Crippen LogP contribution in [0.5, 0.6) is 0 Å². The van der Waals surface area contributed by atoms with Gasteiger partial charge in [-0.1, -0.05) is 24.6 Å². The highest BCUT2D eigenvalue weighted by molar-refractivity contribution is 5.98. The number of amides is 1. The van der Waals surface area contributed by atoms with Gasteiger partial charge < -0.3 is 16.8 Å². The number of carbonyl (C=O) groups is 1. The van der Waals surface area contributed by atoms with Gasteiger partial charge >= 0.3 is 0 Å². The van der Waals surface area contributed by atoms with Gasteiger partial charge in [0.05, 0.1) is 6.04 Å². The van der Waals surface area contributed by atoms with Crippen molar-refractivity contribution in [2.75, 3.05) is 25.0 Å². The van der Waals surface area contributed by atoms with Gasteiger partial charge in [0.2, 0.25) is 0 Å². The van der Waals surface area contributed by atoms with Crippen LogP contribution in [0.15, 0.2) is 36.5 Å². The van der Waals surface area contributed by atoms with E-state index < -0.39 is 5.91 Å². The molecule has 1 aromatic carbocycles. The summed E-state index contributed by atoms with van der Waals surface area (Å²) in [7, 11) is 0. The summed E-state index contributed by atoms with van der Waals surface area (Å²) < 4.78 is 1.93. The van der Waals surface area contributed by atoms with E-state index in [1.54, 1.807) is 6.20 Å². The lowest BCUT2D eigenvalue weighted by molar-refractivity contribution is -0.0960. The number of nitrogens with zero attached hydrogens (tertiary/aromatic N) is 3. The maximum atomic E-state index is 12.0. The summed E-state index contributed by atoms with van der Waals surface area (Å²) in [5, 5.41) is 7.97. The standard InChI is InChI=1S/C23H32N6O/c24-12-16-11-18(28-14-23(15-28)9-4-10-23)7-8-20(16)29-13-19(21(25)30)22(27-29)26-17-5-2-1-3-6-17/h1-3,5-6,13,16,18,20H,4,7-12,14-15,24H2,(H2,25,30)(H,26,27)/t16-,18+,20+/m1/s1. The van der Waals surface area contributed by atoms with Crippen LogP contribution in [0, 0.1) is 11.3 Å². The van der Waals surface area contributed by atoms with E-state index in [0.717, 1.165) is 24.9 Å². The molecule has 1 amide bonds. The minimum absolute atomic E-state index is 0.203. The molecule has 1 aliphatic heterocycles. The summed E-state index contributed by atoms with van der Waals surface area (Å²) in [4.78, 5) is 14.7. The van der Waals surface area contributed by atoms with E-state index in [1.165, 1.54) is 32.4 Å². The van der Waals surface area contributed by atoms with Crippen molar-refractivity contribution in [3.8, 4) is 0 Å². The Labute approximate surface area is 177 Å². The van der Waals surface area contributed by atoms with E-state index in [0.29, 0.717) is 35.3 Å². The van der Waals surface area contributed by atoms with Crippen LogP contribution in [0.4, 0.5) is 11.5 Å². The number of rotatable bonds is 6. The minimum Gasteiger partial charge on any atom is -0.365 e. The molecule has 7 nitrogen and oxygen atoms in total. The minimum atomic E-state index is -0.468. The molecule has 1 aromatic heterocycles. The first-order valence-electron chi connectivity index (χ1n) is 11.2. The van der Waals surface area contributed by atoms with E-state index in [9.17, 15) is 4.79 Å². The number of carbonyl (C=O) groups excluding carboxylic acids is 1. The Morgan fingerprint density at radius 1 is 1.20 bits per heavy atom. The van der Waals surface area contributed by atoms with E-state index >= 15 is 0 Å². The maximum absolute atomic E-state index is 12.0. The molecule has 160 valence electrons. The van der Waals surface area contributed by atoms with E-state index in [2.05, 4.69) is 10.2 Å². The van der Waals surface area contributed by atoms with E-state index in [1.807, 2.05) is 35.0 Å². The van der Waals surface area contributed by atoms with Crippen LogP contribution in [0.1, 0.15) is 54.9 Å². The van der Waals surface area contributed by atoms with E-state index in [-0.39, 0.29) is 6.04 Å². The van der Waals surface area contributed by atoms with Crippen LogP contribution < -0.4 is 16.8 Å². The largest absolute Gasteiger partial charge is 0.365 e. The average molecular weight is 409 g/mol. The zero-order valence-electron chi connectivity index (χ0n) is 17.5. The number of nitrogens with two attached hydrogens (primary N) is 2. The van der Waals surface area contributed by atoms with Gasteiger partial charge in [-0.25, -0.2) is 0 Å². The fraction of sp³-hybridized carbons (Fsp3) is 0.565. The fourth-order valence-electron chi connectivity index (χ4n) is 5.72. The molecule has 1 spiro atoms. The van der Waals surface area contributed by atoms with Crippen molar-refractivity contribution in [1.29, 1.82) is 0 Å². The third-order valence-corrected chi connectivity index (χ3v) is 7.60. The van der Waals surface area contributed by atoms with E-state index in [4.69, 9.17) is 16.6 Å². The Balaban J connectivity index is 1.31. The molecule has 2 aromatic rings. The lowest BCUT2D eigenvalue weighted by Gasteiger charge is -2.59. The molecule has 5 N–H and O–H groups in total. The molecule has 1 saturated heterocycles. The number of benzene rings is 1. The van der Waals surface area contributed by atoms with Crippen molar-refractivity contribution in [2.45, 2.75) is 50.6 Å². The third kappa shape index (κ3) is 3.50. The fourth-order valence-corrected chi connectivity index (χ4v) is 5.72. The summed E-state index contributed by atoms with van der Waals surface area (Å²) in [5.41, 5.74) is 13.8. The van der Waals surface area contributed by atoms with Crippen LogP contribution in [0.2, 0.25) is 0 Å². The molecule has 7 heteroatoms. The van der Waals surface area contributed by atoms with Gasteiger partial charge in [0.1, 0.15) is 5.56 Å². The van der Waals surface area contributed by atoms with Gasteiger partial charge in [-0.05, 0) is 62.1 Å². The molecule has 2 aliphatic carbocycles. The molecule has 0 radical (unpaired) electrons. The lowest BCUT2D eigenvalue weighted by atomic mass is 9.62. The number of hydrogen-bond donors (Lipinski definition) is 3. The lowest BCUT2D eigenvalue weighted by Crippen LogP contribution is -2.63. The predicted octanol–water partition coefficient (Wildman–Crippen LogP) is 2.88. The average Bonchev–Trinajstić information content (AvgIpc) is 3.10. The second kappa shape index (κ2) is 7.71. The number of aromatic nitrogens is 2. The van der Waals surface area contributed by atoms with Crippen LogP contribution in [-0.2, 0) is 0 Å². The summed E-state index contributed by atoms with van der Waals surface area (Å²) >= 11 is 0. The first-order valence-corrected chi connectivity index (χ1v) is 11.2. The highest BCUT2D eigenvalue weighted by Gasteiger charge is 2.50. The first kappa shape index (κ1) is 19.6.